The molecule has 4 rings (SSSR count). The third-order valence-electron chi connectivity index (χ3n) is 5.42. The zero-order valence-electron chi connectivity index (χ0n) is 17.6. The molecule has 2 heterocycles. The Morgan fingerprint density at radius 2 is 1.74 bits per heavy atom. The van der Waals surface area contributed by atoms with Crippen LogP contribution in [0.4, 0.5) is 8.78 Å². The van der Waals surface area contributed by atoms with Gasteiger partial charge in [0.1, 0.15) is 17.4 Å². The summed E-state index contributed by atoms with van der Waals surface area (Å²) in [6.45, 7) is 6.89. The number of nitrogens with zero attached hydrogens (tertiary/aromatic N) is 2. The van der Waals surface area contributed by atoms with Crippen LogP contribution in [0.3, 0.4) is 0 Å². The lowest BCUT2D eigenvalue weighted by atomic mass is 9.87. The molecule has 1 aliphatic rings. The van der Waals surface area contributed by atoms with Gasteiger partial charge in [0.05, 0.1) is 9.60 Å². The normalized spacial score (nSPS) is 16.7. The highest BCUT2D eigenvalue weighted by Crippen LogP contribution is 2.32. The van der Waals surface area contributed by atoms with Gasteiger partial charge in [-0.2, -0.15) is 9.29 Å². The van der Waals surface area contributed by atoms with Crippen molar-refractivity contribution in [3.63, 3.8) is 0 Å². The standard InChI is InChI=1S/C22H24F2N2O3S2/c1-22(2,3)14-4-6-17(7-5-14)31(27,28)26-10-8-16(9-11-26)29-21-25-20-18(24)12-15(23)13-19(20)30-21/h4-7,12-13,16H,8-11H2,1-3H3. The summed E-state index contributed by atoms with van der Waals surface area (Å²) in [6, 6.07) is 9.06. The van der Waals surface area contributed by atoms with Gasteiger partial charge in [0, 0.05) is 19.2 Å². The van der Waals surface area contributed by atoms with Crippen LogP contribution in [0.1, 0.15) is 39.2 Å². The van der Waals surface area contributed by atoms with Gasteiger partial charge in [-0.05, 0) is 42.0 Å². The van der Waals surface area contributed by atoms with Crippen molar-refractivity contribution in [2.24, 2.45) is 0 Å². The molecule has 0 bridgehead atoms. The van der Waals surface area contributed by atoms with E-state index in [1.165, 1.54) is 10.4 Å². The van der Waals surface area contributed by atoms with Gasteiger partial charge in [0.2, 0.25) is 10.0 Å². The van der Waals surface area contributed by atoms with Crippen LogP contribution in [0.2, 0.25) is 0 Å². The first kappa shape index (κ1) is 22.1. The van der Waals surface area contributed by atoms with Gasteiger partial charge in [0.15, 0.2) is 5.82 Å². The fraction of sp³-hybridized carbons (Fsp3) is 0.409. The zero-order chi connectivity index (χ0) is 22.4. The predicted octanol–water partition coefficient (Wildman–Crippen LogP) is 5.10. The fourth-order valence-corrected chi connectivity index (χ4v) is 5.99. The van der Waals surface area contributed by atoms with E-state index in [2.05, 4.69) is 25.8 Å². The number of sulfonamides is 1. The van der Waals surface area contributed by atoms with Crippen molar-refractivity contribution >= 4 is 31.6 Å². The molecule has 2 aromatic carbocycles. The summed E-state index contributed by atoms with van der Waals surface area (Å²) in [5, 5.41) is 0.263. The van der Waals surface area contributed by atoms with Crippen LogP contribution < -0.4 is 4.74 Å². The first-order chi connectivity index (χ1) is 14.5. The largest absolute Gasteiger partial charge is 0.467 e. The molecule has 0 atom stereocenters. The van der Waals surface area contributed by atoms with Crippen LogP contribution in [0.15, 0.2) is 41.3 Å². The number of rotatable bonds is 4. The Bertz CT molecular complexity index is 1190. The van der Waals surface area contributed by atoms with E-state index in [-0.39, 0.29) is 27.1 Å². The van der Waals surface area contributed by atoms with E-state index in [1.807, 2.05) is 12.1 Å². The second-order valence-electron chi connectivity index (χ2n) is 8.71. The maximum absolute atomic E-state index is 13.8. The highest BCUT2D eigenvalue weighted by Gasteiger charge is 2.31. The second-order valence-corrected chi connectivity index (χ2v) is 11.6. The van der Waals surface area contributed by atoms with Gasteiger partial charge < -0.3 is 4.74 Å². The number of fused-ring (bicyclic) bond motifs is 1. The number of hydrogen-bond donors (Lipinski definition) is 0. The maximum Gasteiger partial charge on any atom is 0.274 e. The molecule has 0 amide bonds. The van der Waals surface area contributed by atoms with E-state index >= 15 is 0 Å². The molecular formula is C22H24F2N2O3S2. The van der Waals surface area contributed by atoms with Gasteiger partial charge in [-0.1, -0.05) is 44.2 Å². The van der Waals surface area contributed by atoms with Crippen LogP contribution in [-0.4, -0.2) is 36.9 Å². The van der Waals surface area contributed by atoms with Crippen LogP contribution >= 0.6 is 11.3 Å². The van der Waals surface area contributed by atoms with E-state index in [0.717, 1.165) is 23.0 Å². The number of piperidine rings is 1. The SMILES string of the molecule is CC(C)(C)c1ccc(S(=O)(=O)N2CCC(Oc3nc4c(F)cc(F)cc4s3)CC2)cc1. The van der Waals surface area contributed by atoms with E-state index in [9.17, 15) is 17.2 Å². The molecule has 3 aromatic rings. The van der Waals surface area contributed by atoms with Gasteiger partial charge in [0.25, 0.3) is 5.19 Å². The molecule has 1 aliphatic heterocycles. The van der Waals surface area contributed by atoms with Gasteiger partial charge >= 0.3 is 0 Å². The van der Waals surface area contributed by atoms with Gasteiger partial charge in [-0.15, -0.1) is 0 Å². The van der Waals surface area contributed by atoms with Crippen molar-refractivity contribution in [3.8, 4) is 5.19 Å². The van der Waals surface area contributed by atoms with Crippen molar-refractivity contribution in [2.45, 2.75) is 50.0 Å². The minimum absolute atomic E-state index is 0.0483. The number of aromatic nitrogens is 1. The Hall–Kier alpha value is -2.10. The Morgan fingerprint density at radius 1 is 1.10 bits per heavy atom. The Kier molecular flexibility index (Phi) is 5.78. The lowest BCUT2D eigenvalue weighted by molar-refractivity contribution is 0.135. The van der Waals surface area contributed by atoms with E-state index in [4.69, 9.17) is 4.74 Å². The molecule has 166 valence electrons. The topological polar surface area (TPSA) is 59.5 Å². The van der Waals surface area contributed by atoms with E-state index < -0.39 is 21.7 Å². The number of ether oxygens (including phenoxy) is 1. The summed E-state index contributed by atoms with van der Waals surface area (Å²) in [4.78, 5) is 4.39. The molecule has 0 spiro atoms. The number of thiazole rings is 1. The summed E-state index contributed by atoms with van der Waals surface area (Å²) >= 11 is 1.08. The summed E-state index contributed by atoms with van der Waals surface area (Å²) in [6.07, 6.45) is 0.751. The lowest BCUT2D eigenvalue weighted by Crippen LogP contribution is -2.41. The van der Waals surface area contributed by atoms with Crippen molar-refractivity contribution in [1.82, 2.24) is 9.29 Å². The third-order valence-corrected chi connectivity index (χ3v) is 8.23. The Balaban J connectivity index is 1.42. The highest BCUT2D eigenvalue weighted by molar-refractivity contribution is 7.89. The summed E-state index contributed by atoms with van der Waals surface area (Å²) < 4.78 is 60.9. The minimum atomic E-state index is -3.58. The predicted molar refractivity (Wildman–Crippen MR) is 117 cm³/mol. The monoisotopic (exact) mass is 466 g/mol. The minimum Gasteiger partial charge on any atom is -0.467 e. The molecule has 31 heavy (non-hydrogen) atoms. The van der Waals surface area contributed by atoms with Crippen LogP contribution in [0, 0.1) is 11.6 Å². The van der Waals surface area contributed by atoms with Crippen LogP contribution in [0.25, 0.3) is 10.2 Å². The lowest BCUT2D eigenvalue weighted by Gasteiger charge is -2.31. The third kappa shape index (κ3) is 4.58. The molecule has 9 heteroatoms. The average Bonchev–Trinajstić information content (AvgIpc) is 3.10. The summed E-state index contributed by atoms with van der Waals surface area (Å²) in [5.74, 6) is -1.38. The highest BCUT2D eigenvalue weighted by atomic mass is 32.2. The van der Waals surface area contributed by atoms with Crippen LogP contribution in [0.5, 0.6) is 5.19 Å². The van der Waals surface area contributed by atoms with Crippen LogP contribution in [-0.2, 0) is 15.4 Å². The molecule has 0 radical (unpaired) electrons. The van der Waals surface area contributed by atoms with Crippen molar-refractivity contribution in [3.05, 3.63) is 53.6 Å². The number of hydrogen-bond acceptors (Lipinski definition) is 5. The summed E-state index contributed by atoms with van der Waals surface area (Å²) in [5.41, 5.74) is 1.11. The molecule has 0 saturated carbocycles. The zero-order valence-corrected chi connectivity index (χ0v) is 19.2. The maximum atomic E-state index is 13.8. The summed E-state index contributed by atoms with van der Waals surface area (Å²) in [7, 11) is -3.58. The van der Waals surface area contributed by atoms with Gasteiger partial charge in [-0.25, -0.2) is 17.2 Å². The smallest absolute Gasteiger partial charge is 0.274 e. The molecule has 1 aromatic heterocycles. The first-order valence-electron chi connectivity index (χ1n) is 10.1. The van der Waals surface area contributed by atoms with E-state index in [1.54, 1.807) is 12.1 Å². The van der Waals surface area contributed by atoms with Crippen molar-refractivity contribution < 1.29 is 21.9 Å². The quantitative estimate of drug-likeness (QED) is 0.537. The van der Waals surface area contributed by atoms with Gasteiger partial charge in [-0.3, -0.25) is 0 Å². The molecule has 0 N–H and O–H groups in total. The second kappa shape index (κ2) is 8.11. The molecule has 1 fully saturated rings. The fourth-order valence-electron chi connectivity index (χ4n) is 3.60. The molecule has 0 unspecified atom stereocenters. The average molecular weight is 467 g/mol. The number of benzene rings is 2. The first-order valence-corrected chi connectivity index (χ1v) is 12.3. The number of halogens is 2. The van der Waals surface area contributed by atoms with E-state index in [0.29, 0.717) is 30.6 Å². The molecule has 5 nitrogen and oxygen atoms in total. The molecular weight excluding hydrogens is 442 g/mol. The van der Waals surface area contributed by atoms with Crippen molar-refractivity contribution in [2.75, 3.05) is 13.1 Å². The molecule has 0 aliphatic carbocycles. The van der Waals surface area contributed by atoms with Crippen molar-refractivity contribution in [1.29, 1.82) is 0 Å². The Labute approximate surface area is 184 Å². The Morgan fingerprint density at radius 3 is 2.35 bits per heavy atom. The molecule has 1 saturated heterocycles.